The van der Waals surface area contributed by atoms with Crippen molar-refractivity contribution in [3.05, 3.63) is 0 Å². The van der Waals surface area contributed by atoms with Crippen LogP contribution in [0.3, 0.4) is 0 Å². The van der Waals surface area contributed by atoms with E-state index in [9.17, 15) is 18.3 Å². The summed E-state index contributed by atoms with van der Waals surface area (Å²) in [6, 6.07) is -0.119. The number of piperazine rings is 1. The molecule has 1 aliphatic heterocycles. The Hall–Kier alpha value is -0.330. The smallest absolute Gasteiger partial charge is 0.389 e. The van der Waals surface area contributed by atoms with E-state index in [0.717, 1.165) is 25.7 Å². The molecule has 0 amide bonds. The van der Waals surface area contributed by atoms with Crippen LogP contribution in [0.5, 0.6) is 0 Å². The van der Waals surface area contributed by atoms with Crippen LogP contribution in [0.4, 0.5) is 13.2 Å². The van der Waals surface area contributed by atoms with Gasteiger partial charge in [-0.3, -0.25) is 9.80 Å². The first-order chi connectivity index (χ1) is 9.67. The van der Waals surface area contributed by atoms with Crippen molar-refractivity contribution in [2.45, 2.75) is 57.3 Å². The zero-order chi connectivity index (χ0) is 15.7. The van der Waals surface area contributed by atoms with Crippen LogP contribution < -0.4 is 0 Å². The molecule has 1 saturated carbocycles. The second kappa shape index (κ2) is 6.42. The first kappa shape index (κ1) is 17.0. The maximum atomic E-state index is 12.5. The lowest BCUT2D eigenvalue weighted by Crippen LogP contribution is -2.57. The molecule has 1 N–H and O–H groups in total. The van der Waals surface area contributed by atoms with Crippen LogP contribution in [0.1, 0.15) is 39.5 Å². The maximum absolute atomic E-state index is 12.5. The Morgan fingerprint density at radius 1 is 1.14 bits per heavy atom. The molecule has 6 heteroatoms. The fourth-order valence-corrected chi connectivity index (χ4v) is 3.55. The van der Waals surface area contributed by atoms with Gasteiger partial charge in [-0.25, -0.2) is 0 Å². The number of aliphatic hydroxyl groups is 1. The quantitative estimate of drug-likeness (QED) is 0.868. The van der Waals surface area contributed by atoms with Crippen molar-refractivity contribution in [2.24, 2.45) is 5.92 Å². The summed E-state index contributed by atoms with van der Waals surface area (Å²) in [5.74, 6) is 0.674. The van der Waals surface area contributed by atoms with E-state index in [-0.39, 0.29) is 6.04 Å². The Morgan fingerprint density at radius 3 is 2.29 bits per heavy atom. The molecule has 0 aromatic carbocycles. The lowest BCUT2D eigenvalue weighted by Gasteiger charge is -2.44. The van der Waals surface area contributed by atoms with Crippen molar-refractivity contribution < 1.29 is 18.3 Å². The SMILES string of the molecule is CC1CCC(O)(CN2CCN(CC(F)(F)F)C(C)C2)CC1. The van der Waals surface area contributed by atoms with E-state index in [1.54, 1.807) is 0 Å². The zero-order valence-electron chi connectivity index (χ0n) is 13.0. The van der Waals surface area contributed by atoms with E-state index in [4.69, 9.17) is 0 Å². The minimum absolute atomic E-state index is 0.119. The highest BCUT2D eigenvalue weighted by Gasteiger charge is 2.38. The van der Waals surface area contributed by atoms with Gasteiger partial charge < -0.3 is 5.11 Å². The first-order valence-electron chi connectivity index (χ1n) is 7.92. The lowest BCUT2D eigenvalue weighted by molar-refractivity contribution is -0.156. The normalized spacial score (nSPS) is 36.9. The van der Waals surface area contributed by atoms with Crippen molar-refractivity contribution in [1.82, 2.24) is 9.80 Å². The van der Waals surface area contributed by atoms with Gasteiger partial charge in [0.15, 0.2) is 0 Å². The number of nitrogens with zero attached hydrogens (tertiary/aromatic N) is 2. The molecule has 2 aliphatic rings. The summed E-state index contributed by atoms with van der Waals surface area (Å²) < 4.78 is 37.5. The van der Waals surface area contributed by atoms with Crippen molar-refractivity contribution in [2.75, 3.05) is 32.7 Å². The van der Waals surface area contributed by atoms with Crippen LogP contribution in [-0.4, -0.2) is 65.4 Å². The average molecular weight is 308 g/mol. The molecule has 21 heavy (non-hydrogen) atoms. The molecule has 2 fully saturated rings. The molecule has 3 nitrogen and oxygen atoms in total. The highest BCUT2D eigenvalue weighted by atomic mass is 19.4. The van der Waals surface area contributed by atoms with Gasteiger partial charge in [0.2, 0.25) is 0 Å². The molecule has 1 saturated heterocycles. The van der Waals surface area contributed by atoms with Gasteiger partial charge in [-0.1, -0.05) is 6.92 Å². The molecule has 0 spiro atoms. The molecule has 1 unspecified atom stereocenters. The van der Waals surface area contributed by atoms with Gasteiger partial charge in [-0.05, 0) is 38.5 Å². The minimum Gasteiger partial charge on any atom is -0.389 e. The van der Waals surface area contributed by atoms with Crippen LogP contribution >= 0.6 is 0 Å². The standard InChI is InChI=1S/C15H27F3N2O/c1-12-3-5-14(21,6-4-12)10-19-7-8-20(13(2)9-19)11-15(16,17)18/h12-13,21H,3-11H2,1-2H3. The second-order valence-electron chi connectivity index (χ2n) is 7.08. The molecule has 0 radical (unpaired) electrons. The molecule has 1 heterocycles. The van der Waals surface area contributed by atoms with Crippen LogP contribution in [-0.2, 0) is 0 Å². The zero-order valence-corrected chi connectivity index (χ0v) is 13.0. The molecule has 2 rings (SSSR count). The van der Waals surface area contributed by atoms with E-state index >= 15 is 0 Å². The molecule has 1 atom stereocenters. The summed E-state index contributed by atoms with van der Waals surface area (Å²) in [5.41, 5.74) is -0.640. The van der Waals surface area contributed by atoms with Crippen LogP contribution in [0.2, 0.25) is 0 Å². The van der Waals surface area contributed by atoms with Gasteiger partial charge >= 0.3 is 6.18 Å². The summed E-state index contributed by atoms with van der Waals surface area (Å²) in [6.07, 6.45) is -0.426. The van der Waals surface area contributed by atoms with Crippen molar-refractivity contribution in [3.63, 3.8) is 0 Å². The van der Waals surface area contributed by atoms with Crippen molar-refractivity contribution in [1.29, 1.82) is 0 Å². The van der Waals surface area contributed by atoms with Gasteiger partial charge in [-0.2, -0.15) is 13.2 Å². The third-order valence-electron chi connectivity index (χ3n) is 4.95. The summed E-state index contributed by atoms with van der Waals surface area (Å²) in [5, 5.41) is 10.6. The average Bonchev–Trinajstić information content (AvgIpc) is 2.35. The van der Waals surface area contributed by atoms with Gasteiger partial charge in [0, 0.05) is 32.2 Å². The largest absolute Gasteiger partial charge is 0.401 e. The second-order valence-corrected chi connectivity index (χ2v) is 7.08. The topological polar surface area (TPSA) is 26.7 Å². The van der Waals surface area contributed by atoms with E-state index in [0.29, 0.717) is 32.1 Å². The predicted molar refractivity (Wildman–Crippen MR) is 76.1 cm³/mol. The van der Waals surface area contributed by atoms with Crippen molar-refractivity contribution in [3.8, 4) is 0 Å². The van der Waals surface area contributed by atoms with Gasteiger partial charge in [-0.15, -0.1) is 0 Å². The van der Waals surface area contributed by atoms with E-state index in [1.165, 1.54) is 4.90 Å². The molecule has 124 valence electrons. The lowest BCUT2D eigenvalue weighted by atomic mass is 9.79. The Balaban J connectivity index is 1.82. The minimum atomic E-state index is -4.13. The Morgan fingerprint density at radius 2 is 1.76 bits per heavy atom. The highest BCUT2D eigenvalue weighted by Crippen LogP contribution is 2.33. The first-order valence-corrected chi connectivity index (χ1v) is 7.92. The Kier molecular flexibility index (Phi) is 5.21. The van der Waals surface area contributed by atoms with Gasteiger partial charge in [0.25, 0.3) is 0 Å². The van der Waals surface area contributed by atoms with E-state index in [1.807, 2.05) is 6.92 Å². The van der Waals surface area contributed by atoms with E-state index in [2.05, 4.69) is 11.8 Å². The fourth-order valence-electron chi connectivity index (χ4n) is 3.55. The molecule has 0 aromatic rings. The van der Waals surface area contributed by atoms with Crippen molar-refractivity contribution >= 4 is 0 Å². The number of halogens is 3. The summed E-state index contributed by atoms with van der Waals surface area (Å²) in [7, 11) is 0. The number of hydrogen-bond donors (Lipinski definition) is 1. The van der Waals surface area contributed by atoms with Gasteiger partial charge in [0.1, 0.15) is 0 Å². The maximum Gasteiger partial charge on any atom is 0.401 e. The van der Waals surface area contributed by atoms with Crippen LogP contribution in [0.25, 0.3) is 0 Å². The Labute approximate surface area is 125 Å². The highest BCUT2D eigenvalue weighted by molar-refractivity contribution is 4.90. The Bertz CT molecular complexity index is 340. The number of rotatable bonds is 3. The molecule has 1 aliphatic carbocycles. The molecular formula is C15H27F3N2O. The fraction of sp³-hybridized carbons (Fsp3) is 1.00. The molecule has 0 bridgehead atoms. The summed E-state index contributed by atoms with van der Waals surface area (Å²) >= 11 is 0. The summed E-state index contributed by atoms with van der Waals surface area (Å²) in [6.45, 7) is 5.45. The monoisotopic (exact) mass is 308 g/mol. The predicted octanol–water partition coefficient (Wildman–Crippen LogP) is 2.50. The summed E-state index contributed by atoms with van der Waals surface area (Å²) in [4.78, 5) is 3.62. The number of alkyl halides is 3. The third kappa shape index (κ3) is 5.11. The number of hydrogen-bond acceptors (Lipinski definition) is 3. The van der Waals surface area contributed by atoms with Gasteiger partial charge in [0.05, 0.1) is 12.1 Å². The third-order valence-corrected chi connectivity index (χ3v) is 4.95. The molecule has 0 aromatic heterocycles. The van der Waals surface area contributed by atoms with E-state index < -0.39 is 18.3 Å². The number of β-amino-alcohol motifs (C(OH)–C–C–N with tert-alkyl or cyclic N) is 1. The van der Waals surface area contributed by atoms with Crippen LogP contribution in [0, 0.1) is 5.92 Å². The van der Waals surface area contributed by atoms with Crippen LogP contribution in [0.15, 0.2) is 0 Å². The molecular weight excluding hydrogens is 281 g/mol.